The van der Waals surface area contributed by atoms with Gasteiger partial charge in [-0.05, 0) is 73.2 Å². The number of amides is 1. The predicted octanol–water partition coefficient (Wildman–Crippen LogP) is 4.51. The van der Waals surface area contributed by atoms with Crippen LogP contribution in [0.25, 0.3) is 17.0 Å². The normalized spacial score (nSPS) is 11.0. The maximum absolute atomic E-state index is 12.3. The number of hydrogen-bond acceptors (Lipinski definition) is 4. The molecule has 2 aromatic carbocycles. The first-order valence-electron chi connectivity index (χ1n) is 9.52. The van der Waals surface area contributed by atoms with Gasteiger partial charge in [-0.15, -0.1) is 0 Å². The number of carboxylic acid groups (broad SMARTS) is 1. The van der Waals surface area contributed by atoms with Gasteiger partial charge in [0.25, 0.3) is 5.91 Å². The second-order valence-electron chi connectivity index (χ2n) is 6.87. The number of carboxylic acids is 1. The molecule has 0 saturated heterocycles. The van der Waals surface area contributed by atoms with Crippen molar-refractivity contribution in [2.45, 2.75) is 6.92 Å². The van der Waals surface area contributed by atoms with E-state index in [1.807, 2.05) is 48.1 Å². The van der Waals surface area contributed by atoms with E-state index < -0.39 is 5.97 Å². The monoisotopic (exact) mass is 413 g/mol. The van der Waals surface area contributed by atoms with Crippen LogP contribution in [0.3, 0.4) is 0 Å². The summed E-state index contributed by atoms with van der Waals surface area (Å²) >= 11 is 0. The molecule has 0 saturated carbocycles. The molecule has 154 valence electrons. The third-order valence-corrected chi connectivity index (χ3v) is 4.76. The summed E-state index contributed by atoms with van der Waals surface area (Å²) in [4.78, 5) is 23.4. The van der Waals surface area contributed by atoms with Crippen molar-refractivity contribution >= 4 is 18.1 Å². The van der Waals surface area contributed by atoms with E-state index in [0.29, 0.717) is 17.1 Å². The van der Waals surface area contributed by atoms with Gasteiger partial charge in [-0.25, -0.2) is 10.2 Å². The molecule has 0 atom stereocenters. The molecule has 7 nitrogen and oxygen atoms in total. The van der Waals surface area contributed by atoms with E-state index in [1.165, 1.54) is 12.3 Å². The van der Waals surface area contributed by atoms with Gasteiger partial charge in [-0.1, -0.05) is 6.07 Å². The maximum Gasteiger partial charge on any atom is 0.335 e. The van der Waals surface area contributed by atoms with Crippen molar-refractivity contribution in [1.82, 2.24) is 9.99 Å². The molecule has 0 aliphatic heterocycles. The van der Waals surface area contributed by atoms with Gasteiger partial charge in [0, 0.05) is 29.2 Å². The topological polar surface area (TPSA) is 96.8 Å². The van der Waals surface area contributed by atoms with Gasteiger partial charge in [0.1, 0.15) is 11.5 Å². The van der Waals surface area contributed by atoms with Crippen molar-refractivity contribution in [2.75, 3.05) is 0 Å². The van der Waals surface area contributed by atoms with E-state index in [9.17, 15) is 9.59 Å². The van der Waals surface area contributed by atoms with Crippen LogP contribution in [0.15, 0.2) is 88.6 Å². The number of aromatic nitrogens is 1. The fraction of sp³-hybridized carbons (Fsp3) is 0.0417. The quantitative estimate of drug-likeness (QED) is 0.359. The zero-order valence-electron chi connectivity index (χ0n) is 16.6. The molecule has 2 heterocycles. The third-order valence-electron chi connectivity index (χ3n) is 4.76. The molecule has 4 aromatic rings. The van der Waals surface area contributed by atoms with Crippen LogP contribution in [0.5, 0.6) is 0 Å². The van der Waals surface area contributed by atoms with Gasteiger partial charge in [0.15, 0.2) is 0 Å². The highest BCUT2D eigenvalue weighted by Crippen LogP contribution is 2.26. The Morgan fingerprint density at radius 1 is 1.00 bits per heavy atom. The van der Waals surface area contributed by atoms with Crippen LogP contribution in [0.4, 0.5) is 0 Å². The smallest absolute Gasteiger partial charge is 0.335 e. The number of carbonyl (C=O) groups excluding carboxylic acids is 1. The van der Waals surface area contributed by atoms with Crippen LogP contribution < -0.4 is 5.43 Å². The molecule has 1 amide bonds. The summed E-state index contributed by atoms with van der Waals surface area (Å²) in [6, 6.07) is 19.4. The molecule has 0 spiro atoms. The van der Waals surface area contributed by atoms with Gasteiger partial charge < -0.3 is 14.1 Å². The number of hydrogen-bond donors (Lipinski definition) is 2. The first-order chi connectivity index (χ1) is 15.0. The number of nitrogens with zero attached hydrogens (tertiary/aromatic N) is 2. The molecular weight excluding hydrogens is 394 g/mol. The number of furan rings is 1. The third kappa shape index (κ3) is 4.45. The Bertz CT molecular complexity index is 1250. The number of aromatic carboxylic acids is 1. The van der Waals surface area contributed by atoms with Crippen molar-refractivity contribution in [2.24, 2.45) is 5.10 Å². The van der Waals surface area contributed by atoms with Crippen LogP contribution in [0.1, 0.15) is 32.0 Å². The zero-order valence-corrected chi connectivity index (χ0v) is 16.6. The Kier molecular flexibility index (Phi) is 5.49. The van der Waals surface area contributed by atoms with Crippen LogP contribution in [0, 0.1) is 6.92 Å². The lowest BCUT2D eigenvalue weighted by molar-refractivity contribution is 0.0696. The highest BCUT2D eigenvalue weighted by atomic mass is 16.4. The molecule has 2 N–H and O–H groups in total. The molecule has 7 heteroatoms. The predicted molar refractivity (Wildman–Crippen MR) is 117 cm³/mol. The summed E-state index contributed by atoms with van der Waals surface area (Å²) in [5.41, 5.74) is 5.72. The first-order valence-corrected chi connectivity index (χ1v) is 9.52. The first kappa shape index (κ1) is 19.9. The van der Waals surface area contributed by atoms with Crippen molar-refractivity contribution in [3.8, 4) is 17.0 Å². The van der Waals surface area contributed by atoms with Crippen LogP contribution in [-0.2, 0) is 0 Å². The second kappa shape index (κ2) is 8.54. The van der Waals surface area contributed by atoms with E-state index in [4.69, 9.17) is 9.52 Å². The fourth-order valence-corrected chi connectivity index (χ4v) is 3.15. The molecule has 0 fully saturated rings. The Balaban J connectivity index is 1.40. The molecule has 2 aromatic heterocycles. The summed E-state index contributed by atoms with van der Waals surface area (Å²) in [6.45, 7) is 1.82. The molecule has 0 bridgehead atoms. The summed E-state index contributed by atoms with van der Waals surface area (Å²) < 4.78 is 7.69. The van der Waals surface area contributed by atoms with Crippen molar-refractivity contribution < 1.29 is 19.1 Å². The number of aryl methyl sites for hydroxylation is 1. The largest absolute Gasteiger partial charge is 0.478 e. The molecule has 4 rings (SSSR count). The van der Waals surface area contributed by atoms with Gasteiger partial charge in [0.2, 0.25) is 0 Å². The molecule has 0 aliphatic rings. The van der Waals surface area contributed by atoms with Crippen molar-refractivity contribution in [1.29, 1.82) is 0 Å². The van der Waals surface area contributed by atoms with E-state index >= 15 is 0 Å². The Labute approximate surface area is 178 Å². The average Bonchev–Trinajstić information content (AvgIpc) is 3.46. The number of hydrazone groups is 1. The minimum atomic E-state index is -0.975. The van der Waals surface area contributed by atoms with Crippen LogP contribution in [-0.4, -0.2) is 27.8 Å². The standard InChI is InChI=1S/C24H19N3O4/c1-16-14-18(24(29)30)6-10-21(16)22-11-9-20(31-22)15-25-26-23(28)17-4-7-19(8-5-17)27-12-2-3-13-27/h2-15H,1H3,(H,26,28)(H,29,30)/b25-15+. The number of nitrogens with one attached hydrogen (secondary N) is 1. The van der Waals surface area contributed by atoms with Crippen LogP contribution in [0.2, 0.25) is 0 Å². The van der Waals surface area contributed by atoms with Gasteiger partial charge in [-0.3, -0.25) is 4.79 Å². The lowest BCUT2D eigenvalue weighted by Crippen LogP contribution is -2.17. The Hall–Kier alpha value is -4.39. The molecule has 0 unspecified atom stereocenters. The maximum atomic E-state index is 12.3. The van der Waals surface area contributed by atoms with E-state index in [0.717, 1.165) is 16.8 Å². The van der Waals surface area contributed by atoms with E-state index in [-0.39, 0.29) is 11.5 Å². The summed E-state index contributed by atoms with van der Waals surface area (Å²) in [7, 11) is 0. The molecule has 31 heavy (non-hydrogen) atoms. The Morgan fingerprint density at radius 2 is 1.71 bits per heavy atom. The summed E-state index contributed by atoms with van der Waals surface area (Å²) in [6.07, 6.45) is 5.27. The SMILES string of the molecule is Cc1cc(C(=O)O)ccc1-c1ccc(/C=N/NC(=O)c2ccc(-n3cccc3)cc2)o1. The number of benzene rings is 2. The zero-order chi connectivity index (χ0) is 21.8. The van der Waals surface area contributed by atoms with Gasteiger partial charge in [-0.2, -0.15) is 5.10 Å². The van der Waals surface area contributed by atoms with Gasteiger partial charge >= 0.3 is 5.97 Å². The van der Waals surface area contributed by atoms with E-state index in [1.54, 1.807) is 36.4 Å². The summed E-state index contributed by atoms with van der Waals surface area (Å²) in [5.74, 6) is -0.262. The van der Waals surface area contributed by atoms with Crippen molar-refractivity contribution in [3.63, 3.8) is 0 Å². The molecule has 0 aliphatic carbocycles. The number of carbonyl (C=O) groups is 2. The van der Waals surface area contributed by atoms with Crippen LogP contribution >= 0.6 is 0 Å². The summed E-state index contributed by atoms with van der Waals surface area (Å²) in [5, 5.41) is 13.0. The average molecular weight is 413 g/mol. The number of rotatable bonds is 6. The van der Waals surface area contributed by atoms with E-state index in [2.05, 4.69) is 10.5 Å². The van der Waals surface area contributed by atoms with Gasteiger partial charge in [0.05, 0.1) is 11.8 Å². The lowest BCUT2D eigenvalue weighted by Gasteiger charge is -2.04. The molecule has 0 radical (unpaired) electrons. The Morgan fingerprint density at radius 3 is 2.39 bits per heavy atom. The highest BCUT2D eigenvalue weighted by Gasteiger charge is 2.10. The van der Waals surface area contributed by atoms with Crippen molar-refractivity contribution in [3.05, 3.63) is 102 Å². The highest BCUT2D eigenvalue weighted by molar-refractivity contribution is 5.95. The minimum absolute atomic E-state index is 0.221. The minimum Gasteiger partial charge on any atom is -0.478 e. The lowest BCUT2D eigenvalue weighted by atomic mass is 10.0. The fourth-order valence-electron chi connectivity index (χ4n) is 3.15. The second-order valence-corrected chi connectivity index (χ2v) is 6.87. The molecular formula is C24H19N3O4.